The van der Waals surface area contributed by atoms with Crippen molar-refractivity contribution in [3.8, 4) is 0 Å². The molecule has 0 spiro atoms. The Hall–Kier alpha value is -0.550. The molecule has 1 rings (SSSR count). The van der Waals surface area contributed by atoms with Crippen LogP contribution in [0.5, 0.6) is 0 Å². The molecule has 1 nitrogen and oxygen atoms in total. The number of benzene rings is 1. The molecule has 1 aromatic rings. The fourth-order valence-corrected chi connectivity index (χ4v) is 2.00. The number of aliphatic hydroxyl groups excluding tert-OH is 1. The third kappa shape index (κ3) is 5.08. The summed E-state index contributed by atoms with van der Waals surface area (Å²) in [5.74, 6) is 0. The number of aryl methyl sites for hydroxylation is 1. The van der Waals surface area contributed by atoms with Gasteiger partial charge in [0.25, 0.3) is 0 Å². The van der Waals surface area contributed by atoms with Crippen LogP contribution < -0.4 is 0 Å². The van der Waals surface area contributed by atoms with Gasteiger partial charge in [-0.3, -0.25) is 0 Å². The average molecular weight is 311 g/mol. The van der Waals surface area contributed by atoms with E-state index < -0.39 is 18.7 Å². The van der Waals surface area contributed by atoms with Gasteiger partial charge in [-0.05, 0) is 43.0 Å². The monoisotopic (exact) mass is 310 g/mol. The molecule has 0 saturated heterocycles. The molecule has 0 fully saturated rings. The SMILES string of the molecule is Cc1ccc(Br)cc1C(O)CCCC(F)(F)F. The summed E-state index contributed by atoms with van der Waals surface area (Å²) in [6.45, 7) is 1.83. The van der Waals surface area contributed by atoms with E-state index in [0.29, 0.717) is 5.56 Å². The molecule has 0 amide bonds. The van der Waals surface area contributed by atoms with Crippen LogP contribution in [0.1, 0.15) is 36.5 Å². The minimum atomic E-state index is -4.15. The highest BCUT2D eigenvalue weighted by Crippen LogP contribution is 2.28. The topological polar surface area (TPSA) is 20.2 Å². The quantitative estimate of drug-likeness (QED) is 0.866. The van der Waals surface area contributed by atoms with Crippen LogP contribution in [-0.4, -0.2) is 11.3 Å². The van der Waals surface area contributed by atoms with Gasteiger partial charge in [-0.25, -0.2) is 0 Å². The molecule has 17 heavy (non-hydrogen) atoms. The molecule has 0 aliphatic heterocycles. The Morgan fingerprint density at radius 2 is 2.00 bits per heavy atom. The van der Waals surface area contributed by atoms with Gasteiger partial charge in [0.1, 0.15) is 0 Å². The molecule has 1 unspecified atom stereocenters. The van der Waals surface area contributed by atoms with Crippen molar-refractivity contribution in [2.45, 2.75) is 38.5 Å². The molecule has 1 N–H and O–H groups in total. The predicted octanol–water partition coefficient (Wildman–Crippen LogP) is 4.52. The van der Waals surface area contributed by atoms with E-state index in [2.05, 4.69) is 15.9 Å². The third-order valence-corrected chi connectivity index (χ3v) is 3.03. The summed E-state index contributed by atoms with van der Waals surface area (Å²) < 4.78 is 36.7. The van der Waals surface area contributed by atoms with Crippen LogP contribution in [0.15, 0.2) is 22.7 Å². The average Bonchev–Trinajstić information content (AvgIpc) is 2.19. The molecule has 0 aliphatic carbocycles. The van der Waals surface area contributed by atoms with Crippen LogP contribution in [0, 0.1) is 6.92 Å². The first-order valence-corrected chi connectivity index (χ1v) is 6.10. The number of halogens is 4. The summed E-state index contributed by atoms with van der Waals surface area (Å²) in [7, 11) is 0. The van der Waals surface area contributed by atoms with Gasteiger partial charge in [-0.2, -0.15) is 13.2 Å². The van der Waals surface area contributed by atoms with Gasteiger partial charge in [-0.15, -0.1) is 0 Å². The maximum Gasteiger partial charge on any atom is 0.389 e. The number of hydrogen-bond donors (Lipinski definition) is 1. The second kappa shape index (κ2) is 5.87. The fourth-order valence-electron chi connectivity index (χ4n) is 1.62. The number of alkyl halides is 3. The van der Waals surface area contributed by atoms with E-state index in [1.165, 1.54) is 0 Å². The van der Waals surface area contributed by atoms with Crippen molar-refractivity contribution in [2.24, 2.45) is 0 Å². The normalized spacial score (nSPS) is 13.8. The molecule has 0 radical (unpaired) electrons. The van der Waals surface area contributed by atoms with Crippen LogP contribution in [0.25, 0.3) is 0 Å². The smallest absolute Gasteiger partial charge is 0.388 e. The lowest BCUT2D eigenvalue weighted by atomic mass is 9.99. The molecular weight excluding hydrogens is 297 g/mol. The van der Waals surface area contributed by atoms with Gasteiger partial charge in [0.05, 0.1) is 6.10 Å². The van der Waals surface area contributed by atoms with E-state index >= 15 is 0 Å². The van der Waals surface area contributed by atoms with Crippen molar-refractivity contribution in [2.75, 3.05) is 0 Å². The Balaban J connectivity index is 2.58. The first-order chi connectivity index (χ1) is 7.79. The van der Waals surface area contributed by atoms with E-state index in [-0.39, 0.29) is 12.8 Å². The molecule has 1 aromatic carbocycles. The molecule has 0 aliphatic rings. The molecular formula is C12H14BrF3O. The number of hydrogen-bond acceptors (Lipinski definition) is 1. The predicted molar refractivity (Wildman–Crippen MR) is 63.7 cm³/mol. The van der Waals surface area contributed by atoms with Crippen molar-refractivity contribution in [1.29, 1.82) is 0 Å². The first kappa shape index (κ1) is 14.5. The van der Waals surface area contributed by atoms with Gasteiger partial charge in [0.15, 0.2) is 0 Å². The lowest BCUT2D eigenvalue weighted by molar-refractivity contribution is -0.136. The minimum absolute atomic E-state index is 0.0589. The highest BCUT2D eigenvalue weighted by Gasteiger charge is 2.26. The lowest BCUT2D eigenvalue weighted by Gasteiger charge is -2.14. The number of aliphatic hydroxyl groups is 1. The summed E-state index contributed by atoms with van der Waals surface area (Å²) in [4.78, 5) is 0. The van der Waals surface area contributed by atoms with E-state index in [0.717, 1.165) is 10.0 Å². The van der Waals surface area contributed by atoms with E-state index in [1.54, 1.807) is 6.07 Å². The fraction of sp³-hybridized carbons (Fsp3) is 0.500. The van der Waals surface area contributed by atoms with Crippen LogP contribution in [0.3, 0.4) is 0 Å². The Labute approximate surface area is 107 Å². The maximum atomic E-state index is 12.0. The van der Waals surface area contributed by atoms with Gasteiger partial charge < -0.3 is 5.11 Å². The van der Waals surface area contributed by atoms with E-state index in [1.807, 2.05) is 19.1 Å². The van der Waals surface area contributed by atoms with Crippen molar-refractivity contribution in [1.82, 2.24) is 0 Å². The zero-order chi connectivity index (χ0) is 13.1. The van der Waals surface area contributed by atoms with Crippen LogP contribution in [0.4, 0.5) is 13.2 Å². The highest BCUT2D eigenvalue weighted by molar-refractivity contribution is 9.10. The summed E-state index contributed by atoms with van der Waals surface area (Å²) in [5, 5.41) is 9.83. The standard InChI is InChI=1S/C12H14BrF3O/c1-8-4-5-9(13)7-10(8)11(17)3-2-6-12(14,15)16/h4-5,7,11,17H,2-3,6H2,1H3. The Morgan fingerprint density at radius 1 is 1.35 bits per heavy atom. The van der Waals surface area contributed by atoms with E-state index in [9.17, 15) is 18.3 Å². The maximum absolute atomic E-state index is 12.0. The lowest BCUT2D eigenvalue weighted by Crippen LogP contribution is -2.08. The summed E-state index contributed by atoms with van der Waals surface area (Å²) in [5.41, 5.74) is 1.56. The number of rotatable bonds is 4. The summed E-state index contributed by atoms with van der Waals surface area (Å²) in [6, 6.07) is 5.40. The Bertz CT molecular complexity index is 377. The first-order valence-electron chi connectivity index (χ1n) is 5.30. The van der Waals surface area contributed by atoms with Gasteiger partial charge in [0, 0.05) is 10.9 Å². The molecule has 0 heterocycles. The van der Waals surface area contributed by atoms with Crippen molar-refractivity contribution >= 4 is 15.9 Å². The third-order valence-electron chi connectivity index (χ3n) is 2.54. The molecule has 0 aromatic heterocycles. The summed E-state index contributed by atoms with van der Waals surface area (Å²) >= 11 is 3.27. The highest BCUT2D eigenvalue weighted by atomic mass is 79.9. The molecule has 5 heteroatoms. The second-order valence-corrected chi connectivity index (χ2v) is 4.94. The molecule has 1 atom stereocenters. The zero-order valence-corrected chi connectivity index (χ0v) is 11.0. The Kier molecular flexibility index (Phi) is 5.01. The molecule has 0 bridgehead atoms. The van der Waals surface area contributed by atoms with Crippen molar-refractivity contribution in [3.63, 3.8) is 0 Å². The van der Waals surface area contributed by atoms with E-state index in [4.69, 9.17) is 0 Å². The molecule has 0 saturated carbocycles. The molecule has 96 valence electrons. The van der Waals surface area contributed by atoms with Gasteiger partial charge >= 0.3 is 6.18 Å². The Morgan fingerprint density at radius 3 is 2.59 bits per heavy atom. The minimum Gasteiger partial charge on any atom is -0.388 e. The largest absolute Gasteiger partial charge is 0.389 e. The zero-order valence-electron chi connectivity index (χ0n) is 9.39. The van der Waals surface area contributed by atoms with Crippen LogP contribution in [-0.2, 0) is 0 Å². The van der Waals surface area contributed by atoms with Crippen LogP contribution >= 0.6 is 15.9 Å². The second-order valence-electron chi connectivity index (χ2n) is 4.02. The van der Waals surface area contributed by atoms with Crippen molar-refractivity contribution in [3.05, 3.63) is 33.8 Å². The van der Waals surface area contributed by atoms with Gasteiger partial charge in [0.2, 0.25) is 0 Å². The van der Waals surface area contributed by atoms with Crippen molar-refractivity contribution < 1.29 is 18.3 Å². The van der Waals surface area contributed by atoms with Crippen LogP contribution in [0.2, 0.25) is 0 Å². The van der Waals surface area contributed by atoms with Gasteiger partial charge in [-0.1, -0.05) is 22.0 Å². The summed E-state index contributed by atoms with van der Waals surface area (Å²) in [6.07, 6.45) is -5.77.